The van der Waals surface area contributed by atoms with Crippen molar-refractivity contribution in [1.29, 1.82) is 0 Å². The van der Waals surface area contributed by atoms with Gasteiger partial charge in [-0.25, -0.2) is 4.79 Å². The van der Waals surface area contributed by atoms with E-state index in [0.717, 1.165) is 11.3 Å². The molecule has 0 radical (unpaired) electrons. The summed E-state index contributed by atoms with van der Waals surface area (Å²) in [5.41, 5.74) is 1.51. The molecule has 1 fully saturated rings. The molecule has 1 aromatic rings. The number of hydrogen-bond donors (Lipinski definition) is 1. The molecule has 1 N–H and O–H groups in total. The topological polar surface area (TPSA) is 55.4 Å². The lowest BCUT2D eigenvalue weighted by Crippen LogP contribution is -2.23. The highest BCUT2D eigenvalue weighted by Gasteiger charge is 2.18. The molecule has 5 heteroatoms. The molecular weight excluding hydrogens is 250 g/mol. The third-order valence-electron chi connectivity index (χ3n) is 2.55. The van der Waals surface area contributed by atoms with E-state index in [1.165, 1.54) is 18.9 Å². The Kier molecular flexibility index (Phi) is 4.04. The zero-order valence-corrected chi connectivity index (χ0v) is 10.7. The Bertz CT molecular complexity index is 482. The molecule has 0 unspecified atom stereocenters. The highest BCUT2D eigenvalue weighted by Crippen LogP contribution is 2.15. The van der Waals surface area contributed by atoms with Crippen molar-refractivity contribution < 1.29 is 14.3 Å². The minimum absolute atomic E-state index is 0.0192. The monoisotopic (exact) mass is 263 g/mol. The number of rotatable bonds is 3. The highest BCUT2D eigenvalue weighted by molar-refractivity contribution is 8.14. The Morgan fingerprint density at radius 3 is 2.72 bits per heavy atom. The van der Waals surface area contributed by atoms with Crippen LogP contribution in [-0.4, -0.2) is 30.1 Å². The summed E-state index contributed by atoms with van der Waals surface area (Å²) >= 11 is 1.29. The van der Waals surface area contributed by atoms with Crippen LogP contribution < -0.4 is 5.32 Å². The number of hydrogen-bond acceptors (Lipinski definition) is 4. The fraction of sp³-hybridized carbons (Fsp3) is 0.231. The van der Waals surface area contributed by atoms with Gasteiger partial charge < -0.3 is 10.1 Å². The predicted octanol–water partition coefficient (Wildman–Crippen LogP) is 2.31. The predicted molar refractivity (Wildman–Crippen MR) is 71.6 cm³/mol. The number of carbonyl (C=O) groups excluding carboxylic acids is 2. The van der Waals surface area contributed by atoms with Crippen LogP contribution in [0.25, 0.3) is 6.08 Å². The van der Waals surface area contributed by atoms with Crippen LogP contribution in [0.5, 0.6) is 0 Å². The first kappa shape index (κ1) is 12.7. The molecule has 1 aliphatic rings. The molecular formula is C13H13NO3S. The van der Waals surface area contributed by atoms with Crippen molar-refractivity contribution >= 4 is 29.0 Å². The van der Waals surface area contributed by atoms with E-state index in [1.54, 1.807) is 12.1 Å². The van der Waals surface area contributed by atoms with Gasteiger partial charge in [-0.15, -0.1) is 0 Å². The van der Waals surface area contributed by atoms with Gasteiger partial charge in [-0.1, -0.05) is 36.0 Å². The molecule has 0 bridgehead atoms. The third-order valence-corrected chi connectivity index (χ3v) is 3.46. The third kappa shape index (κ3) is 3.13. The van der Waals surface area contributed by atoms with Gasteiger partial charge in [0.05, 0.1) is 18.7 Å². The van der Waals surface area contributed by atoms with Gasteiger partial charge in [-0.05, 0) is 17.7 Å². The molecule has 18 heavy (non-hydrogen) atoms. The van der Waals surface area contributed by atoms with Gasteiger partial charge in [0.2, 0.25) is 0 Å². The number of benzene rings is 1. The molecule has 0 aliphatic carbocycles. The highest BCUT2D eigenvalue weighted by atomic mass is 32.2. The lowest BCUT2D eigenvalue weighted by Gasteiger charge is -2.02. The number of amides is 1. The van der Waals surface area contributed by atoms with E-state index in [1.807, 2.05) is 24.3 Å². The van der Waals surface area contributed by atoms with Crippen molar-refractivity contribution in [2.24, 2.45) is 0 Å². The fourth-order valence-corrected chi connectivity index (χ4v) is 2.34. The Balaban J connectivity index is 2.00. The van der Waals surface area contributed by atoms with Gasteiger partial charge in [-0.2, -0.15) is 0 Å². The Labute approximate surface area is 109 Å². The van der Waals surface area contributed by atoms with Crippen molar-refractivity contribution in [1.82, 2.24) is 5.32 Å². The van der Waals surface area contributed by atoms with Crippen molar-refractivity contribution in [3.8, 4) is 0 Å². The quantitative estimate of drug-likeness (QED) is 0.850. The van der Waals surface area contributed by atoms with E-state index in [0.29, 0.717) is 5.56 Å². The van der Waals surface area contributed by atoms with Crippen LogP contribution in [0.2, 0.25) is 0 Å². The van der Waals surface area contributed by atoms with Gasteiger partial charge in [-0.3, -0.25) is 4.79 Å². The number of ether oxygens (including phenoxy) is 1. The van der Waals surface area contributed by atoms with Crippen LogP contribution in [-0.2, 0) is 4.74 Å². The van der Waals surface area contributed by atoms with E-state index in [-0.39, 0.29) is 17.3 Å². The van der Waals surface area contributed by atoms with E-state index >= 15 is 0 Å². The second kappa shape index (κ2) is 5.73. The minimum Gasteiger partial charge on any atom is -0.465 e. The van der Waals surface area contributed by atoms with Crippen molar-refractivity contribution in [3.05, 3.63) is 41.5 Å². The van der Waals surface area contributed by atoms with Crippen LogP contribution in [0.15, 0.2) is 30.3 Å². The average molecular weight is 263 g/mol. The maximum absolute atomic E-state index is 11.2. The van der Waals surface area contributed by atoms with Crippen molar-refractivity contribution in [2.75, 3.05) is 12.9 Å². The summed E-state index contributed by atoms with van der Waals surface area (Å²) in [6, 6.07) is 7.20. The van der Waals surface area contributed by atoms with Gasteiger partial charge in [0.1, 0.15) is 0 Å². The van der Waals surface area contributed by atoms with Crippen LogP contribution >= 0.6 is 11.8 Å². The first-order valence-corrected chi connectivity index (χ1v) is 6.47. The molecule has 1 aromatic carbocycles. The summed E-state index contributed by atoms with van der Waals surface area (Å²) in [5, 5.41) is 2.85. The number of methoxy groups -OCH3 is 1. The Morgan fingerprint density at radius 1 is 1.44 bits per heavy atom. The first-order valence-electron chi connectivity index (χ1n) is 5.49. The molecule has 1 saturated heterocycles. The number of nitrogens with one attached hydrogen (secondary N) is 1. The molecule has 1 aliphatic heterocycles. The molecule has 0 saturated carbocycles. The lowest BCUT2D eigenvalue weighted by molar-refractivity contribution is 0.0600. The van der Waals surface area contributed by atoms with Gasteiger partial charge in [0.25, 0.3) is 5.24 Å². The molecule has 1 atom stereocenters. The lowest BCUT2D eigenvalue weighted by atomic mass is 10.1. The van der Waals surface area contributed by atoms with Crippen molar-refractivity contribution in [3.63, 3.8) is 0 Å². The largest absolute Gasteiger partial charge is 0.465 e. The normalized spacial score (nSPS) is 18.9. The average Bonchev–Trinajstić information content (AvgIpc) is 2.82. The summed E-state index contributed by atoms with van der Waals surface area (Å²) in [6.07, 6.45) is 3.88. The van der Waals surface area contributed by atoms with E-state index in [9.17, 15) is 9.59 Å². The molecule has 1 amide bonds. The second-order valence-electron chi connectivity index (χ2n) is 3.82. The summed E-state index contributed by atoms with van der Waals surface area (Å²) in [6.45, 7) is 0. The Hall–Kier alpha value is -1.75. The van der Waals surface area contributed by atoms with Gasteiger partial charge in [0, 0.05) is 5.75 Å². The molecule has 0 spiro atoms. The molecule has 4 nitrogen and oxygen atoms in total. The van der Waals surface area contributed by atoms with E-state index in [2.05, 4.69) is 10.1 Å². The van der Waals surface area contributed by atoms with Gasteiger partial charge in [0.15, 0.2) is 0 Å². The number of thioether (sulfide) groups is 1. The maximum atomic E-state index is 11.2. The number of carbonyl (C=O) groups is 2. The van der Waals surface area contributed by atoms with Crippen molar-refractivity contribution in [2.45, 2.75) is 6.04 Å². The van der Waals surface area contributed by atoms with Crippen LogP contribution in [0.3, 0.4) is 0 Å². The molecule has 0 aromatic heterocycles. The zero-order chi connectivity index (χ0) is 13.0. The van der Waals surface area contributed by atoms with E-state index in [4.69, 9.17) is 0 Å². The standard InChI is InChI=1S/C13H13NO3S/c1-17-12(15)10-5-2-9(3-6-10)4-7-11-8-18-13(16)14-11/h2-7,11H,8H2,1H3,(H,14,16)/b7-4+/t11-/m1/s1. The SMILES string of the molecule is COC(=O)c1ccc(/C=C/[C@@H]2CSC(=O)N2)cc1. The van der Waals surface area contributed by atoms with Crippen LogP contribution in [0, 0.1) is 0 Å². The van der Waals surface area contributed by atoms with E-state index < -0.39 is 0 Å². The zero-order valence-electron chi connectivity index (χ0n) is 9.88. The molecule has 1 heterocycles. The van der Waals surface area contributed by atoms with Gasteiger partial charge >= 0.3 is 5.97 Å². The summed E-state index contributed by atoms with van der Waals surface area (Å²) in [5.74, 6) is 0.417. The second-order valence-corrected chi connectivity index (χ2v) is 4.81. The summed E-state index contributed by atoms with van der Waals surface area (Å²) in [4.78, 5) is 22.2. The van der Waals surface area contributed by atoms with Crippen LogP contribution in [0.4, 0.5) is 4.79 Å². The molecule has 2 rings (SSSR count). The fourth-order valence-electron chi connectivity index (χ4n) is 1.58. The molecule has 94 valence electrons. The number of esters is 1. The first-order chi connectivity index (χ1) is 8.69. The Morgan fingerprint density at radius 2 is 2.17 bits per heavy atom. The summed E-state index contributed by atoms with van der Waals surface area (Å²) < 4.78 is 4.62. The van der Waals surface area contributed by atoms with Crippen LogP contribution in [0.1, 0.15) is 15.9 Å². The minimum atomic E-state index is -0.343. The summed E-state index contributed by atoms with van der Waals surface area (Å²) in [7, 11) is 1.36. The maximum Gasteiger partial charge on any atom is 0.337 e. The smallest absolute Gasteiger partial charge is 0.337 e.